The van der Waals surface area contributed by atoms with E-state index in [1.165, 1.54) is 29.2 Å². The Labute approximate surface area is 106 Å². The van der Waals surface area contributed by atoms with E-state index in [-0.39, 0.29) is 24.4 Å². The lowest BCUT2D eigenvalue weighted by atomic mass is 10.1. The summed E-state index contributed by atoms with van der Waals surface area (Å²) in [6, 6.07) is 5.43. The fourth-order valence-corrected chi connectivity index (χ4v) is 1.66. The van der Waals surface area contributed by atoms with Gasteiger partial charge in [-0.2, -0.15) is 13.2 Å². The zero-order valence-electron chi connectivity index (χ0n) is 9.78. The zero-order valence-corrected chi connectivity index (χ0v) is 9.78. The largest absolute Gasteiger partial charge is 0.484 e. The average molecular weight is 277 g/mol. The number of hydrogen-bond donors (Lipinski definition) is 0. The number of alkyl halides is 4. The SMILES string of the molecule is O=C(c1cccc(OCC(F)(F)F)c1)N1CC(F)C1. The van der Waals surface area contributed by atoms with Gasteiger partial charge in [-0.1, -0.05) is 6.07 Å². The highest BCUT2D eigenvalue weighted by Gasteiger charge is 2.31. The number of carbonyl (C=O) groups excluding carboxylic acids is 1. The van der Waals surface area contributed by atoms with Gasteiger partial charge in [0.05, 0.1) is 13.1 Å². The fourth-order valence-electron chi connectivity index (χ4n) is 1.66. The van der Waals surface area contributed by atoms with Crippen molar-refractivity contribution in [2.75, 3.05) is 19.7 Å². The van der Waals surface area contributed by atoms with E-state index in [1.807, 2.05) is 0 Å². The molecule has 0 aliphatic carbocycles. The minimum Gasteiger partial charge on any atom is -0.484 e. The van der Waals surface area contributed by atoms with Crippen LogP contribution in [-0.2, 0) is 0 Å². The third kappa shape index (κ3) is 3.59. The van der Waals surface area contributed by atoms with Crippen LogP contribution < -0.4 is 4.74 Å². The summed E-state index contributed by atoms with van der Waals surface area (Å²) in [7, 11) is 0. The van der Waals surface area contributed by atoms with Crippen LogP contribution in [-0.4, -0.2) is 42.9 Å². The Morgan fingerprint density at radius 1 is 1.37 bits per heavy atom. The van der Waals surface area contributed by atoms with Crippen LogP contribution in [0.15, 0.2) is 24.3 Å². The third-order valence-corrected chi connectivity index (χ3v) is 2.61. The van der Waals surface area contributed by atoms with Crippen molar-refractivity contribution in [3.63, 3.8) is 0 Å². The van der Waals surface area contributed by atoms with E-state index in [9.17, 15) is 22.4 Å². The molecule has 0 radical (unpaired) electrons. The highest BCUT2D eigenvalue weighted by molar-refractivity contribution is 5.95. The summed E-state index contributed by atoms with van der Waals surface area (Å²) in [5.41, 5.74) is 0.187. The molecule has 0 unspecified atom stereocenters. The molecule has 1 aliphatic heterocycles. The van der Waals surface area contributed by atoms with Gasteiger partial charge < -0.3 is 9.64 Å². The van der Waals surface area contributed by atoms with Gasteiger partial charge in [-0.05, 0) is 18.2 Å². The second-order valence-corrected chi connectivity index (χ2v) is 4.24. The average Bonchev–Trinajstić information content (AvgIpc) is 2.31. The minimum atomic E-state index is -4.43. The number of halogens is 4. The smallest absolute Gasteiger partial charge is 0.422 e. The molecule has 0 N–H and O–H groups in total. The van der Waals surface area contributed by atoms with Gasteiger partial charge in [0.15, 0.2) is 6.61 Å². The molecule has 1 aromatic rings. The first-order chi connectivity index (χ1) is 8.85. The zero-order chi connectivity index (χ0) is 14.0. The molecule has 19 heavy (non-hydrogen) atoms. The number of carbonyl (C=O) groups is 1. The number of benzene rings is 1. The van der Waals surface area contributed by atoms with Crippen molar-refractivity contribution in [1.82, 2.24) is 4.90 Å². The third-order valence-electron chi connectivity index (χ3n) is 2.61. The molecule has 7 heteroatoms. The van der Waals surface area contributed by atoms with E-state index in [2.05, 4.69) is 4.74 Å². The Kier molecular flexibility index (Phi) is 3.64. The van der Waals surface area contributed by atoms with Gasteiger partial charge in [-0.25, -0.2) is 4.39 Å². The molecule has 0 bridgehead atoms. The number of ether oxygens (including phenoxy) is 1. The van der Waals surface area contributed by atoms with Gasteiger partial charge in [0, 0.05) is 5.56 Å². The molecule has 1 heterocycles. The molecule has 1 saturated heterocycles. The molecule has 0 aromatic heterocycles. The number of hydrogen-bond acceptors (Lipinski definition) is 2. The maximum absolute atomic E-state index is 12.6. The van der Waals surface area contributed by atoms with Crippen molar-refractivity contribution in [2.45, 2.75) is 12.3 Å². The van der Waals surface area contributed by atoms with E-state index in [0.717, 1.165) is 0 Å². The normalized spacial score (nSPS) is 16.1. The van der Waals surface area contributed by atoms with Crippen LogP contribution in [0, 0.1) is 0 Å². The summed E-state index contributed by atoms with van der Waals surface area (Å²) in [6.45, 7) is -1.38. The molecule has 0 saturated carbocycles. The molecule has 0 spiro atoms. The number of nitrogens with zero attached hydrogens (tertiary/aromatic N) is 1. The molecule has 1 fully saturated rings. The summed E-state index contributed by atoms with van der Waals surface area (Å²) in [5.74, 6) is -0.452. The maximum Gasteiger partial charge on any atom is 0.422 e. The molecule has 3 nitrogen and oxygen atoms in total. The van der Waals surface area contributed by atoms with E-state index < -0.39 is 24.9 Å². The standard InChI is InChI=1S/C12H11F4NO2/c13-9-5-17(6-9)11(18)8-2-1-3-10(4-8)19-7-12(14,15)16/h1-4,9H,5-7H2. The Hall–Kier alpha value is -1.79. The first-order valence-electron chi connectivity index (χ1n) is 5.58. The first kappa shape index (κ1) is 13.6. The second-order valence-electron chi connectivity index (χ2n) is 4.24. The monoisotopic (exact) mass is 277 g/mol. The van der Waals surface area contributed by atoms with Crippen molar-refractivity contribution in [2.24, 2.45) is 0 Å². The summed E-state index contributed by atoms with van der Waals surface area (Å²) >= 11 is 0. The first-order valence-corrected chi connectivity index (χ1v) is 5.58. The van der Waals surface area contributed by atoms with Crippen LogP contribution in [0.3, 0.4) is 0 Å². The molecule has 1 aliphatic rings. The van der Waals surface area contributed by atoms with Gasteiger partial charge in [-0.3, -0.25) is 4.79 Å². The number of likely N-dealkylation sites (tertiary alicyclic amines) is 1. The molecule has 1 amide bonds. The van der Waals surface area contributed by atoms with Crippen LogP contribution in [0.1, 0.15) is 10.4 Å². The van der Waals surface area contributed by atoms with Crippen molar-refractivity contribution >= 4 is 5.91 Å². The van der Waals surface area contributed by atoms with Crippen molar-refractivity contribution in [1.29, 1.82) is 0 Å². The van der Waals surface area contributed by atoms with Gasteiger partial charge in [-0.15, -0.1) is 0 Å². The highest BCUT2D eigenvalue weighted by Crippen LogP contribution is 2.21. The number of rotatable bonds is 3. The second kappa shape index (κ2) is 5.07. The van der Waals surface area contributed by atoms with Gasteiger partial charge in [0.2, 0.25) is 0 Å². The van der Waals surface area contributed by atoms with Crippen LogP contribution >= 0.6 is 0 Å². The lowest BCUT2D eigenvalue weighted by Gasteiger charge is -2.34. The topological polar surface area (TPSA) is 29.5 Å². The van der Waals surface area contributed by atoms with Crippen molar-refractivity contribution < 1.29 is 27.1 Å². The quantitative estimate of drug-likeness (QED) is 0.794. The Morgan fingerprint density at radius 2 is 2.05 bits per heavy atom. The van der Waals surface area contributed by atoms with Gasteiger partial charge >= 0.3 is 6.18 Å². The molecule has 1 aromatic carbocycles. The Balaban J connectivity index is 2.00. The summed E-state index contributed by atoms with van der Waals surface area (Å²) < 4.78 is 53.2. The van der Waals surface area contributed by atoms with Crippen molar-refractivity contribution in [3.05, 3.63) is 29.8 Å². The van der Waals surface area contributed by atoms with E-state index in [4.69, 9.17) is 0 Å². The van der Waals surface area contributed by atoms with E-state index in [0.29, 0.717) is 0 Å². The predicted molar refractivity (Wildman–Crippen MR) is 58.8 cm³/mol. The maximum atomic E-state index is 12.6. The molecule has 104 valence electrons. The van der Waals surface area contributed by atoms with Crippen molar-refractivity contribution in [3.8, 4) is 5.75 Å². The minimum absolute atomic E-state index is 0.0203. The molecule has 0 atom stereocenters. The lowest BCUT2D eigenvalue weighted by molar-refractivity contribution is -0.153. The van der Waals surface area contributed by atoms with Crippen LogP contribution in [0.4, 0.5) is 17.6 Å². The van der Waals surface area contributed by atoms with Gasteiger partial charge in [0.1, 0.15) is 11.9 Å². The Morgan fingerprint density at radius 3 is 2.63 bits per heavy atom. The summed E-state index contributed by atoms with van der Waals surface area (Å²) in [6.07, 6.45) is -5.45. The summed E-state index contributed by atoms with van der Waals surface area (Å²) in [4.78, 5) is 13.1. The van der Waals surface area contributed by atoms with E-state index in [1.54, 1.807) is 0 Å². The van der Waals surface area contributed by atoms with Crippen LogP contribution in [0.2, 0.25) is 0 Å². The molecule has 2 rings (SSSR count). The fraction of sp³-hybridized carbons (Fsp3) is 0.417. The highest BCUT2D eigenvalue weighted by atomic mass is 19.4. The molecular weight excluding hydrogens is 266 g/mol. The van der Waals surface area contributed by atoms with E-state index >= 15 is 0 Å². The van der Waals surface area contributed by atoms with Gasteiger partial charge in [0.25, 0.3) is 5.91 Å². The predicted octanol–water partition coefficient (Wildman–Crippen LogP) is 2.42. The number of amides is 1. The van der Waals surface area contributed by atoms with Crippen LogP contribution in [0.25, 0.3) is 0 Å². The lowest BCUT2D eigenvalue weighted by Crippen LogP contribution is -2.51. The summed E-state index contributed by atoms with van der Waals surface area (Å²) in [5, 5.41) is 0. The molecular formula is C12H11F4NO2. The Bertz CT molecular complexity index is 469. The van der Waals surface area contributed by atoms with Crippen LogP contribution in [0.5, 0.6) is 5.75 Å².